The van der Waals surface area contributed by atoms with Gasteiger partial charge < -0.3 is 10.2 Å². The summed E-state index contributed by atoms with van der Waals surface area (Å²) in [4.78, 5) is 0.382. The van der Waals surface area contributed by atoms with E-state index in [-0.39, 0.29) is 22.7 Å². The summed E-state index contributed by atoms with van der Waals surface area (Å²) in [5, 5.41) is 21.1. The van der Waals surface area contributed by atoms with Gasteiger partial charge in [0.25, 0.3) is 0 Å². The lowest BCUT2D eigenvalue weighted by Gasteiger charge is -2.59. The zero-order chi connectivity index (χ0) is 28.4. The molecule has 0 amide bonds. The third-order valence-corrected chi connectivity index (χ3v) is 14.7. The summed E-state index contributed by atoms with van der Waals surface area (Å²) < 4.78 is 28.2. The van der Waals surface area contributed by atoms with Crippen molar-refractivity contribution in [1.29, 1.82) is 0 Å². The fourth-order valence-electron chi connectivity index (χ4n) is 9.89. The minimum Gasteiger partial charge on any atom is -0.393 e. The van der Waals surface area contributed by atoms with Gasteiger partial charge in [-0.25, -0.2) is 8.42 Å². The van der Waals surface area contributed by atoms with Crippen LogP contribution >= 0.6 is 0 Å². The molecule has 4 aliphatic rings. The number of benzene rings is 1. The number of sulfone groups is 1. The van der Waals surface area contributed by atoms with Gasteiger partial charge in [-0.05, 0) is 123 Å². The van der Waals surface area contributed by atoms with E-state index in [1.54, 1.807) is 24.3 Å². The fraction of sp³-hybridized carbons (Fsp3) is 0.765. The molecule has 0 spiro atoms. The third kappa shape index (κ3) is 4.97. The summed E-state index contributed by atoms with van der Waals surface area (Å²) in [6.45, 7) is 13.1. The highest BCUT2D eigenvalue weighted by Crippen LogP contribution is 2.68. The minimum absolute atomic E-state index is 0.0215. The van der Waals surface area contributed by atoms with Crippen LogP contribution in [-0.2, 0) is 9.84 Å². The number of aliphatic hydroxyl groups is 2. The number of fused-ring (bicyclic) bond motifs is 5. The van der Waals surface area contributed by atoms with Crippen LogP contribution in [0.2, 0.25) is 0 Å². The van der Waals surface area contributed by atoms with Crippen molar-refractivity contribution in [2.24, 2.45) is 46.3 Å². The Labute approximate surface area is 237 Å². The third-order valence-electron chi connectivity index (χ3n) is 12.4. The van der Waals surface area contributed by atoms with E-state index >= 15 is 0 Å². The average Bonchev–Trinajstić information content (AvgIpc) is 3.24. The van der Waals surface area contributed by atoms with Crippen molar-refractivity contribution in [3.05, 3.63) is 42.0 Å². The smallest absolute Gasteiger partial charge is 0.181 e. The van der Waals surface area contributed by atoms with E-state index in [1.807, 2.05) is 26.8 Å². The fourth-order valence-corrected chi connectivity index (χ4v) is 12.0. The summed E-state index contributed by atoms with van der Waals surface area (Å²) >= 11 is 0. The normalized spacial score (nSPS) is 40.7. The molecule has 3 saturated carbocycles. The molecule has 2 N–H and O–H groups in total. The molecule has 0 radical (unpaired) electrons. The first-order valence-electron chi connectivity index (χ1n) is 15.6. The Bertz CT molecular complexity index is 1170. The van der Waals surface area contributed by atoms with E-state index in [0.29, 0.717) is 35.0 Å². The van der Waals surface area contributed by atoms with Gasteiger partial charge >= 0.3 is 0 Å². The Morgan fingerprint density at radius 3 is 2.31 bits per heavy atom. The molecule has 0 bridgehead atoms. The molecule has 0 aromatic heterocycles. The molecule has 0 saturated heterocycles. The van der Waals surface area contributed by atoms with Crippen molar-refractivity contribution in [3.63, 3.8) is 0 Å². The van der Waals surface area contributed by atoms with Crippen molar-refractivity contribution >= 4 is 9.84 Å². The van der Waals surface area contributed by atoms with Crippen molar-refractivity contribution in [3.8, 4) is 0 Å². The Hall–Kier alpha value is -1.17. The van der Waals surface area contributed by atoms with Gasteiger partial charge in [0.15, 0.2) is 9.84 Å². The molecule has 0 aliphatic heterocycles. The lowest BCUT2D eigenvalue weighted by molar-refractivity contribution is -0.0707. The largest absolute Gasteiger partial charge is 0.393 e. The summed E-state index contributed by atoms with van der Waals surface area (Å²) in [6, 6.07) is 8.90. The van der Waals surface area contributed by atoms with E-state index in [2.05, 4.69) is 26.8 Å². The molecular formula is C34H52O4S. The Balaban J connectivity index is 1.44. The Morgan fingerprint density at radius 2 is 1.64 bits per heavy atom. The topological polar surface area (TPSA) is 74.6 Å². The highest BCUT2D eigenvalue weighted by molar-refractivity contribution is 7.92. The first-order valence-corrected chi connectivity index (χ1v) is 17.1. The minimum atomic E-state index is -3.58. The van der Waals surface area contributed by atoms with Crippen molar-refractivity contribution in [2.45, 2.75) is 121 Å². The lowest BCUT2D eigenvalue weighted by atomic mass is 9.46. The van der Waals surface area contributed by atoms with E-state index in [9.17, 15) is 18.6 Å². The van der Waals surface area contributed by atoms with Crippen LogP contribution in [0.25, 0.3) is 0 Å². The van der Waals surface area contributed by atoms with Gasteiger partial charge in [-0.2, -0.15) is 0 Å². The van der Waals surface area contributed by atoms with Crippen LogP contribution in [0, 0.1) is 46.3 Å². The lowest BCUT2D eigenvalue weighted by Crippen LogP contribution is -2.52. The molecule has 2 unspecified atom stereocenters. The van der Waals surface area contributed by atoms with Crippen LogP contribution in [0.15, 0.2) is 46.9 Å². The van der Waals surface area contributed by atoms with Gasteiger partial charge in [-0.1, -0.05) is 64.5 Å². The highest BCUT2D eigenvalue weighted by Gasteiger charge is 2.60. The summed E-state index contributed by atoms with van der Waals surface area (Å²) in [7, 11) is -3.58. The summed E-state index contributed by atoms with van der Waals surface area (Å²) in [5.74, 6) is 2.24. The monoisotopic (exact) mass is 556 g/mol. The van der Waals surface area contributed by atoms with Crippen LogP contribution in [0.5, 0.6) is 0 Å². The molecule has 39 heavy (non-hydrogen) atoms. The van der Waals surface area contributed by atoms with Crippen molar-refractivity contribution in [2.75, 3.05) is 0 Å². The maximum Gasteiger partial charge on any atom is 0.181 e. The van der Waals surface area contributed by atoms with Crippen LogP contribution in [0.4, 0.5) is 0 Å². The van der Waals surface area contributed by atoms with E-state index < -0.39 is 26.8 Å². The number of aliphatic hydroxyl groups excluding tert-OH is 1. The number of hydrogen-bond acceptors (Lipinski definition) is 4. The Kier molecular flexibility index (Phi) is 7.73. The SMILES string of the molecule is CC(C)C(O)CC([C@@H](C)[C@H]1CC[C@H]2[C@@H]3CC=C4C[C@@](C)(O)CC[C@]4(C)[C@H]3CC[C@]12C)S(=O)(=O)c1ccccc1. The first-order chi connectivity index (χ1) is 18.2. The molecule has 4 aliphatic carbocycles. The summed E-state index contributed by atoms with van der Waals surface area (Å²) in [5.41, 5.74) is 1.23. The van der Waals surface area contributed by atoms with Gasteiger partial charge in [0.1, 0.15) is 0 Å². The second kappa shape index (κ2) is 10.3. The van der Waals surface area contributed by atoms with Gasteiger partial charge in [0, 0.05) is 0 Å². The molecule has 1 aromatic carbocycles. The molecule has 5 rings (SSSR count). The van der Waals surface area contributed by atoms with Crippen molar-refractivity contribution in [1.82, 2.24) is 0 Å². The molecule has 3 fully saturated rings. The van der Waals surface area contributed by atoms with Gasteiger partial charge in [0.2, 0.25) is 0 Å². The summed E-state index contributed by atoms with van der Waals surface area (Å²) in [6.07, 6.45) is 10.6. The van der Waals surface area contributed by atoms with Crippen LogP contribution in [-0.4, -0.2) is 35.6 Å². The predicted molar refractivity (Wildman–Crippen MR) is 158 cm³/mol. The first kappa shape index (κ1) is 29.3. The van der Waals surface area contributed by atoms with Crippen LogP contribution < -0.4 is 0 Å². The molecule has 0 heterocycles. The molecule has 10 atom stereocenters. The van der Waals surface area contributed by atoms with Gasteiger partial charge in [-0.3, -0.25) is 0 Å². The standard InChI is InChI=1S/C34H52O4S/c1-22(2)30(35)20-31(39(37,38)25-10-8-7-9-11-25)23(3)27-14-15-28-26-13-12-24-21-32(4,36)18-19-33(24,5)29(26)16-17-34(27,28)6/h7-12,22-23,26-31,35-36H,13-21H2,1-6H3/t23-,26-,27+,28-,29-,30?,31?,32-,33-,34+/m0/s1. The molecular weight excluding hydrogens is 504 g/mol. The van der Waals surface area contributed by atoms with E-state index in [1.165, 1.54) is 18.4 Å². The molecule has 218 valence electrons. The second-order valence-electron chi connectivity index (χ2n) is 15.0. The maximum atomic E-state index is 14.1. The Morgan fingerprint density at radius 1 is 0.949 bits per heavy atom. The average molecular weight is 557 g/mol. The van der Waals surface area contributed by atoms with Gasteiger partial charge in [0.05, 0.1) is 21.9 Å². The molecule has 5 heteroatoms. The number of allylic oxidation sites excluding steroid dienone is 1. The molecule has 4 nitrogen and oxygen atoms in total. The van der Waals surface area contributed by atoms with Crippen molar-refractivity contribution < 1.29 is 18.6 Å². The highest BCUT2D eigenvalue weighted by atomic mass is 32.2. The van der Waals surface area contributed by atoms with Crippen LogP contribution in [0.1, 0.15) is 99.3 Å². The predicted octanol–water partition coefficient (Wildman–Crippen LogP) is 7.20. The van der Waals surface area contributed by atoms with E-state index in [0.717, 1.165) is 38.5 Å². The number of rotatable bonds is 7. The van der Waals surface area contributed by atoms with Crippen LogP contribution in [0.3, 0.4) is 0 Å². The maximum absolute atomic E-state index is 14.1. The number of hydrogen-bond donors (Lipinski definition) is 2. The molecule has 1 aromatic rings. The zero-order valence-electron chi connectivity index (χ0n) is 25.1. The zero-order valence-corrected chi connectivity index (χ0v) is 25.9. The quantitative estimate of drug-likeness (QED) is 0.348. The second-order valence-corrected chi connectivity index (χ2v) is 17.1. The van der Waals surface area contributed by atoms with E-state index in [4.69, 9.17) is 0 Å². The van der Waals surface area contributed by atoms with Gasteiger partial charge in [-0.15, -0.1) is 0 Å².